The highest BCUT2D eigenvalue weighted by molar-refractivity contribution is 5.49. The molecule has 0 saturated carbocycles. The topological polar surface area (TPSA) is 47.6 Å². The van der Waals surface area contributed by atoms with E-state index in [-0.39, 0.29) is 0 Å². The first-order chi connectivity index (χ1) is 10.6. The van der Waals surface area contributed by atoms with Crippen molar-refractivity contribution in [3.05, 3.63) is 42.0 Å². The normalized spacial score (nSPS) is 13.1. The minimum atomic E-state index is -5.76. The lowest BCUT2D eigenvalue weighted by molar-refractivity contribution is -0.302. The summed E-state index contributed by atoms with van der Waals surface area (Å²) in [6.07, 6.45) is -10.3. The molecule has 0 spiro atoms. The minimum absolute atomic E-state index is 0.521. The van der Waals surface area contributed by atoms with Crippen LogP contribution in [0.3, 0.4) is 0 Å². The van der Waals surface area contributed by atoms with Gasteiger partial charge in [0.15, 0.2) is 11.3 Å². The third-order valence-electron chi connectivity index (χ3n) is 3.10. The number of nitriles is 2. The monoisotopic (exact) mass is 332 g/mol. The molecule has 8 heteroatoms. The Balaban J connectivity index is 3.19. The van der Waals surface area contributed by atoms with E-state index in [2.05, 4.69) is 0 Å². The molecule has 122 valence electrons. The van der Waals surface area contributed by atoms with E-state index >= 15 is 0 Å². The van der Waals surface area contributed by atoms with Crippen LogP contribution in [0.5, 0.6) is 0 Å². The molecule has 0 amide bonds. The zero-order valence-corrected chi connectivity index (χ0v) is 11.5. The molecule has 0 saturated heterocycles. The van der Waals surface area contributed by atoms with Gasteiger partial charge in [0.2, 0.25) is 0 Å². The maximum Gasteiger partial charge on any atom is 0.403 e. The van der Waals surface area contributed by atoms with Gasteiger partial charge in [-0.15, -0.1) is 0 Å². The summed E-state index contributed by atoms with van der Waals surface area (Å²) >= 11 is 0. The first-order valence-electron chi connectivity index (χ1n) is 6.24. The van der Waals surface area contributed by atoms with Crippen LogP contribution in [0.1, 0.15) is 12.0 Å². The summed E-state index contributed by atoms with van der Waals surface area (Å²) in [7, 11) is 0. The SMILES string of the molecule is N#CC(C#N)(C/C=C/c1ccccc1)C(C(F)(F)F)C(F)(F)F. The highest BCUT2D eigenvalue weighted by Crippen LogP contribution is 2.50. The molecule has 0 bridgehead atoms. The molecule has 23 heavy (non-hydrogen) atoms. The molecule has 1 aromatic carbocycles. The number of allylic oxidation sites excluding steroid dienone is 1. The molecule has 1 aromatic rings. The van der Waals surface area contributed by atoms with E-state index in [0.717, 1.165) is 18.2 Å². The van der Waals surface area contributed by atoms with Crippen LogP contribution in [0, 0.1) is 34.0 Å². The fourth-order valence-corrected chi connectivity index (χ4v) is 2.05. The molecule has 0 heterocycles. The number of nitrogens with zero attached hydrogens (tertiary/aromatic N) is 2. The molecule has 0 aliphatic carbocycles. The molecule has 0 atom stereocenters. The molecule has 0 fully saturated rings. The van der Waals surface area contributed by atoms with Crippen LogP contribution in [0.15, 0.2) is 36.4 Å². The molecular weight excluding hydrogens is 322 g/mol. The Bertz CT molecular complexity index is 603. The molecule has 0 unspecified atom stereocenters. The van der Waals surface area contributed by atoms with E-state index in [9.17, 15) is 26.3 Å². The van der Waals surface area contributed by atoms with Gasteiger partial charge in [-0.25, -0.2) is 0 Å². The Morgan fingerprint density at radius 1 is 0.913 bits per heavy atom. The summed E-state index contributed by atoms with van der Waals surface area (Å²) in [4.78, 5) is 0. The van der Waals surface area contributed by atoms with Crippen LogP contribution in [-0.4, -0.2) is 12.4 Å². The predicted octanol–water partition coefficient (Wildman–Crippen LogP) is 4.86. The van der Waals surface area contributed by atoms with Crippen molar-refractivity contribution in [1.82, 2.24) is 0 Å². The van der Waals surface area contributed by atoms with Crippen molar-refractivity contribution in [2.24, 2.45) is 11.3 Å². The van der Waals surface area contributed by atoms with E-state index in [4.69, 9.17) is 10.5 Å². The highest BCUT2D eigenvalue weighted by Gasteiger charge is 2.67. The Hall–Kier alpha value is -2.48. The second-order valence-electron chi connectivity index (χ2n) is 4.73. The first-order valence-corrected chi connectivity index (χ1v) is 6.24. The molecular formula is C15H10F6N2. The zero-order valence-electron chi connectivity index (χ0n) is 11.5. The van der Waals surface area contributed by atoms with Crippen LogP contribution in [0.25, 0.3) is 6.08 Å². The van der Waals surface area contributed by atoms with Crippen molar-refractivity contribution in [2.75, 3.05) is 0 Å². The lowest BCUT2D eigenvalue weighted by Gasteiger charge is -2.31. The van der Waals surface area contributed by atoms with Gasteiger partial charge in [-0.1, -0.05) is 42.5 Å². The third-order valence-corrected chi connectivity index (χ3v) is 3.10. The highest BCUT2D eigenvalue weighted by atomic mass is 19.4. The standard InChI is InChI=1S/C15H10F6N2/c16-14(17,18)12(15(19,20)21)13(9-22,10-23)8-4-7-11-5-2-1-3-6-11/h1-7,12H,8H2/b7-4+. The van der Waals surface area contributed by atoms with Crippen LogP contribution in [-0.2, 0) is 0 Å². The number of halogens is 6. The van der Waals surface area contributed by atoms with Crippen molar-refractivity contribution in [3.63, 3.8) is 0 Å². The fraction of sp³-hybridized carbons (Fsp3) is 0.333. The molecule has 2 nitrogen and oxygen atoms in total. The van der Waals surface area contributed by atoms with Gasteiger partial charge in [-0.05, 0) is 12.0 Å². The van der Waals surface area contributed by atoms with Crippen molar-refractivity contribution >= 4 is 6.08 Å². The largest absolute Gasteiger partial charge is 0.403 e. The van der Waals surface area contributed by atoms with E-state index < -0.39 is 30.1 Å². The zero-order chi connectivity index (χ0) is 17.7. The Morgan fingerprint density at radius 2 is 1.39 bits per heavy atom. The molecule has 0 aliphatic rings. The molecule has 0 radical (unpaired) electrons. The maximum atomic E-state index is 12.8. The second-order valence-corrected chi connectivity index (χ2v) is 4.73. The summed E-state index contributed by atoms with van der Waals surface area (Å²) in [5, 5.41) is 17.7. The van der Waals surface area contributed by atoms with Gasteiger partial charge in [0, 0.05) is 0 Å². The predicted molar refractivity (Wildman–Crippen MR) is 69.4 cm³/mol. The number of benzene rings is 1. The van der Waals surface area contributed by atoms with E-state index in [1.807, 2.05) is 0 Å². The number of hydrogen-bond acceptors (Lipinski definition) is 2. The van der Waals surface area contributed by atoms with Crippen molar-refractivity contribution in [2.45, 2.75) is 18.8 Å². The quantitative estimate of drug-likeness (QED) is 0.739. The first kappa shape index (κ1) is 18.6. The van der Waals surface area contributed by atoms with E-state index in [1.165, 1.54) is 6.08 Å². The van der Waals surface area contributed by atoms with Gasteiger partial charge in [0.1, 0.15) is 0 Å². The van der Waals surface area contributed by atoms with E-state index in [1.54, 1.807) is 30.3 Å². The Morgan fingerprint density at radius 3 is 1.78 bits per heavy atom. The lowest BCUT2D eigenvalue weighted by atomic mass is 9.74. The van der Waals surface area contributed by atoms with Crippen LogP contribution >= 0.6 is 0 Å². The number of alkyl halides is 6. The van der Waals surface area contributed by atoms with E-state index in [0.29, 0.717) is 5.56 Å². The lowest BCUT2D eigenvalue weighted by Crippen LogP contribution is -2.47. The summed E-state index contributed by atoms with van der Waals surface area (Å²) < 4.78 is 76.7. The average Bonchev–Trinajstić information content (AvgIpc) is 2.44. The molecule has 0 aromatic heterocycles. The van der Waals surface area contributed by atoms with Crippen LogP contribution < -0.4 is 0 Å². The summed E-state index contributed by atoms with van der Waals surface area (Å²) in [6, 6.07) is 9.89. The van der Waals surface area contributed by atoms with Gasteiger partial charge in [-0.2, -0.15) is 36.9 Å². The Labute approximate surface area is 128 Å². The van der Waals surface area contributed by atoms with Crippen molar-refractivity contribution in [1.29, 1.82) is 10.5 Å². The van der Waals surface area contributed by atoms with Gasteiger partial charge in [0.05, 0.1) is 12.1 Å². The summed E-state index contributed by atoms with van der Waals surface area (Å²) in [5.41, 5.74) is -2.75. The molecule has 0 N–H and O–H groups in total. The molecule has 1 rings (SSSR count). The van der Waals surface area contributed by atoms with Gasteiger partial charge >= 0.3 is 12.4 Å². The average molecular weight is 332 g/mol. The van der Waals surface area contributed by atoms with Gasteiger partial charge < -0.3 is 0 Å². The molecule has 0 aliphatic heterocycles. The maximum absolute atomic E-state index is 12.8. The van der Waals surface area contributed by atoms with Gasteiger partial charge in [-0.3, -0.25) is 0 Å². The van der Waals surface area contributed by atoms with Crippen LogP contribution in [0.2, 0.25) is 0 Å². The number of rotatable bonds is 4. The van der Waals surface area contributed by atoms with Crippen molar-refractivity contribution < 1.29 is 26.3 Å². The van der Waals surface area contributed by atoms with Gasteiger partial charge in [0.25, 0.3) is 0 Å². The second kappa shape index (κ2) is 6.74. The summed E-state index contributed by atoms with van der Waals surface area (Å²) in [5.74, 6) is -4.04. The Kier molecular flexibility index (Phi) is 5.44. The van der Waals surface area contributed by atoms with Crippen molar-refractivity contribution in [3.8, 4) is 12.1 Å². The fourth-order valence-electron chi connectivity index (χ4n) is 2.05. The third kappa shape index (κ3) is 4.49. The number of hydrogen-bond donors (Lipinski definition) is 0. The van der Waals surface area contributed by atoms with Crippen LogP contribution in [0.4, 0.5) is 26.3 Å². The summed E-state index contributed by atoms with van der Waals surface area (Å²) in [6.45, 7) is 0. The minimum Gasteiger partial charge on any atom is -0.197 e. The smallest absolute Gasteiger partial charge is 0.197 e.